The molecule has 0 bridgehead atoms. The van der Waals surface area contributed by atoms with Gasteiger partial charge in [-0.15, -0.1) is 0 Å². The van der Waals surface area contributed by atoms with Crippen LogP contribution >= 0.6 is 0 Å². The summed E-state index contributed by atoms with van der Waals surface area (Å²) >= 11 is 0. The van der Waals surface area contributed by atoms with Crippen LogP contribution in [-0.2, 0) is 14.3 Å². The third kappa shape index (κ3) is 4.16. The summed E-state index contributed by atoms with van der Waals surface area (Å²) in [7, 11) is 3.04. The predicted molar refractivity (Wildman–Crippen MR) is 111 cm³/mol. The van der Waals surface area contributed by atoms with Crippen molar-refractivity contribution in [3.63, 3.8) is 0 Å². The van der Waals surface area contributed by atoms with Crippen LogP contribution in [0.1, 0.15) is 24.1 Å². The van der Waals surface area contributed by atoms with Crippen LogP contribution in [0.2, 0.25) is 0 Å². The number of rotatable bonds is 8. The highest BCUT2D eigenvalue weighted by atomic mass is 16.5. The quantitative estimate of drug-likeness (QED) is 0.408. The third-order valence-electron chi connectivity index (χ3n) is 4.93. The standard InChI is InChI=1S/C23H25NO6/c1-4-30-17-10-8-15(9-11-17)20-19(22(26)23(27)24(20)12-13-28-2)21(25)16-6-5-7-18(14-16)29-3/h5-11,14,20,25H,4,12-13H2,1-3H3. The van der Waals surface area contributed by atoms with Crippen molar-refractivity contribution in [2.45, 2.75) is 13.0 Å². The van der Waals surface area contributed by atoms with Crippen molar-refractivity contribution >= 4 is 17.4 Å². The van der Waals surface area contributed by atoms with Gasteiger partial charge in [-0.1, -0.05) is 24.3 Å². The van der Waals surface area contributed by atoms with E-state index >= 15 is 0 Å². The van der Waals surface area contributed by atoms with E-state index in [1.807, 2.05) is 6.92 Å². The van der Waals surface area contributed by atoms with Crippen molar-refractivity contribution in [3.8, 4) is 11.5 Å². The number of nitrogens with zero attached hydrogens (tertiary/aromatic N) is 1. The Bertz CT molecular complexity index is 950. The summed E-state index contributed by atoms with van der Waals surface area (Å²) in [5, 5.41) is 11.0. The molecule has 1 N–H and O–H groups in total. The molecule has 7 heteroatoms. The number of likely N-dealkylation sites (tertiary alicyclic amines) is 1. The Balaban J connectivity index is 2.12. The zero-order chi connectivity index (χ0) is 21.7. The molecule has 1 aliphatic heterocycles. The number of carbonyl (C=O) groups is 2. The smallest absolute Gasteiger partial charge is 0.295 e. The Labute approximate surface area is 175 Å². The van der Waals surface area contributed by atoms with Gasteiger partial charge in [0.05, 0.1) is 31.9 Å². The normalized spacial score (nSPS) is 18.0. The Morgan fingerprint density at radius 1 is 1.07 bits per heavy atom. The molecule has 2 aromatic carbocycles. The van der Waals surface area contributed by atoms with Gasteiger partial charge in [0.1, 0.15) is 17.3 Å². The van der Waals surface area contributed by atoms with Crippen molar-refractivity contribution < 1.29 is 28.9 Å². The van der Waals surface area contributed by atoms with E-state index in [4.69, 9.17) is 14.2 Å². The van der Waals surface area contributed by atoms with Crippen LogP contribution in [0.3, 0.4) is 0 Å². The molecule has 2 aromatic rings. The summed E-state index contributed by atoms with van der Waals surface area (Å²) in [6.45, 7) is 2.90. The number of Topliss-reactive ketones (excluding diaryl/α,β-unsaturated/α-hetero) is 1. The molecule has 30 heavy (non-hydrogen) atoms. The monoisotopic (exact) mass is 411 g/mol. The summed E-state index contributed by atoms with van der Waals surface area (Å²) < 4.78 is 15.8. The largest absolute Gasteiger partial charge is 0.507 e. The first-order chi connectivity index (χ1) is 14.5. The number of ether oxygens (including phenoxy) is 3. The van der Waals surface area contributed by atoms with Gasteiger partial charge in [0.15, 0.2) is 0 Å². The van der Waals surface area contributed by atoms with Crippen molar-refractivity contribution in [2.75, 3.05) is 34.0 Å². The van der Waals surface area contributed by atoms with Crippen molar-refractivity contribution in [1.29, 1.82) is 0 Å². The van der Waals surface area contributed by atoms with Gasteiger partial charge in [-0.05, 0) is 36.8 Å². The molecule has 1 saturated heterocycles. The molecule has 0 spiro atoms. The van der Waals surface area contributed by atoms with E-state index in [-0.39, 0.29) is 24.5 Å². The third-order valence-corrected chi connectivity index (χ3v) is 4.93. The molecular formula is C23H25NO6. The lowest BCUT2D eigenvalue weighted by atomic mass is 9.95. The van der Waals surface area contributed by atoms with E-state index < -0.39 is 17.7 Å². The average molecular weight is 411 g/mol. The molecule has 0 radical (unpaired) electrons. The van der Waals surface area contributed by atoms with Gasteiger partial charge in [-0.2, -0.15) is 0 Å². The second-order valence-corrected chi connectivity index (χ2v) is 6.72. The summed E-state index contributed by atoms with van der Waals surface area (Å²) in [6, 6.07) is 13.1. The maximum Gasteiger partial charge on any atom is 0.295 e. The summed E-state index contributed by atoms with van der Waals surface area (Å²) in [5.41, 5.74) is 1.13. The van der Waals surface area contributed by atoms with E-state index in [9.17, 15) is 14.7 Å². The minimum atomic E-state index is -0.734. The first kappa shape index (κ1) is 21.4. The molecule has 7 nitrogen and oxygen atoms in total. The number of hydrogen-bond acceptors (Lipinski definition) is 6. The maximum atomic E-state index is 12.9. The lowest BCUT2D eigenvalue weighted by Crippen LogP contribution is -2.32. The molecule has 158 valence electrons. The minimum Gasteiger partial charge on any atom is -0.507 e. The number of aliphatic hydroxyl groups is 1. The number of benzene rings is 2. The zero-order valence-electron chi connectivity index (χ0n) is 17.3. The number of methoxy groups -OCH3 is 2. The first-order valence-electron chi connectivity index (χ1n) is 9.66. The molecule has 1 heterocycles. The predicted octanol–water partition coefficient (Wildman–Crippen LogP) is 3.16. The summed E-state index contributed by atoms with van der Waals surface area (Å²) in [4.78, 5) is 27.1. The van der Waals surface area contributed by atoms with Crippen LogP contribution in [0.4, 0.5) is 0 Å². The van der Waals surface area contributed by atoms with E-state index in [2.05, 4.69) is 0 Å². The number of hydrogen-bond donors (Lipinski definition) is 1. The molecule has 1 unspecified atom stereocenters. The Morgan fingerprint density at radius 3 is 2.43 bits per heavy atom. The molecule has 0 saturated carbocycles. The van der Waals surface area contributed by atoms with Crippen LogP contribution < -0.4 is 9.47 Å². The number of amides is 1. The fraction of sp³-hybridized carbons (Fsp3) is 0.304. The van der Waals surface area contributed by atoms with Gasteiger partial charge in [-0.3, -0.25) is 9.59 Å². The molecular weight excluding hydrogens is 386 g/mol. The van der Waals surface area contributed by atoms with Crippen molar-refractivity contribution in [3.05, 3.63) is 65.2 Å². The van der Waals surface area contributed by atoms with E-state index in [0.29, 0.717) is 29.2 Å². The Hall–Kier alpha value is -3.32. The first-order valence-corrected chi connectivity index (χ1v) is 9.66. The van der Waals surface area contributed by atoms with Crippen molar-refractivity contribution in [1.82, 2.24) is 4.90 Å². The fourth-order valence-electron chi connectivity index (χ4n) is 3.49. The number of carbonyl (C=O) groups excluding carboxylic acids is 2. The highest BCUT2D eigenvalue weighted by Crippen LogP contribution is 2.40. The molecule has 1 fully saturated rings. The number of ketones is 1. The van der Waals surface area contributed by atoms with Crippen LogP contribution in [0.25, 0.3) is 5.76 Å². The second kappa shape index (κ2) is 9.45. The van der Waals surface area contributed by atoms with Gasteiger partial charge in [0.25, 0.3) is 11.7 Å². The second-order valence-electron chi connectivity index (χ2n) is 6.72. The Kier molecular flexibility index (Phi) is 6.74. The number of aliphatic hydroxyl groups excluding tert-OH is 1. The molecule has 1 atom stereocenters. The molecule has 1 amide bonds. The average Bonchev–Trinajstić information content (AvgIpc) is 3.02. The maximum absolute atomic E-state index is 12.9. The lowest BCUT2D eigenvalue weighted by molar-refractivity contribution is -0.140. The molecule has 0 aliphatic carbocycles. The van der Waals surface area contributed by atoms with Gasteiger partial charge in [0.2, 0.25) is 0 Å². The van der Waals surface area contributed by atoms with E-state index in [1.54, 1.807) is 48.5 Å². The van der Waals surface area contributed by atoms with Gasteiger partial charge in [0, 0.05) is 19.2 Å². The molecule has 0 aromatic heterocycles. The van der Waals surface area contributed by atoms with Gasteiger partial charge < -0.3 is 24.2 Å². The highest BCUT2D eigenvalue weighted by molar-refractivity contribution is 6.46. The minimum absolute atomic E-state index is 0.0357. The van der Waals surface area contributed by atoms with Crippen molar-refractivity contribution in [2.24, 2.45) is 0 Å². The van der Waals surface area contributed by atoms with Crippen LogP contribution in [0.5, 0.6) is 11.5 Å². The summed E-state index contributed by atoms with van der Waals surface area (Å²) in [5.74, 6) is -0.431. The zero-order valence-corrected chi connectivity index (χ0v) is 17.3. The highest BCUT2D eigenvalue weighted by Gasteiger charge is 2.45. The molecule has 1 aliphatic rings. The molecule has 3 rings (SSSR count). The van der Waals surface area contributed by atoms with Gasteiger partial charge >= 0.3 is 0 Å². The summed E-state index contributed by atoms with van der Waals surface area (Å²) in [6.07, 6.45) is 0. The van der Waals surface area contributed by atoms with Gasteiger partial charge in [-0.25, -0.2) is 0 Å². The van der Waals surface area contributed by atoms with E-state index in [0.717, 1.165) is 0 Å². The van der Waals surface area contributed by atoms with Crippen LogP contribution in [0, 0.1) is 0 Å². The topological polar surface area (TPSA) is 85.3 Å². The van der Waals surface area contributed by atoms with Crippen LogP contribution in [0.15, 0.2) is 54.1 Å². The fourth-order valence-corrected chi connectivity index (χ4v) is 3.49. The Morgan fingerprint density at radius 2 is 1.80 bits per heavy atom. The SMILES string of the molecule is CCOc1ccc(C2C(=C(O)c3cccc(OC)c3)C(=O)C(=O)N2CCOC)cc1. The lowest BCUT2D eigenvalue weighted by Gasteiger charge is -2.25. The van der Waals surface area contributed by atoms with Crippen LogP contribution in [-0.4, -0.2) is 55.7 Å². The van der Waals surface area contributed by atoms with E-state index in [1.165, 1.54) is 19.1 Å².